The van der Waals surface area contributed by atoms with Crippen LogP contribution in [0.5, 0.6) is 11.5 Å². The second kappa shape index (κ2) is 8.79. The molecule has 0 aliphatic heterocycles. The lowest BCUT2D eigenvalue weighted by Gasteiger charge is -2.18. The molecule has 2 rings (SSSR count). The van der Waals surface area contributed by atoms with E-state index in [1.165, 1.54) is 5.56 Å². The van der Waals surface area contributed by atoms with Gasteiger partial charge in [-0.3, -0.25) is 4.57 Å². The van der Waals surface area contributed by atoms with E-state index >= 15 is 0 Å². The van der Waals surface area contributed by atoms with Crippen molar-refractivity contribution in [2.24, 2.45) is 0 Å². The van der Waals surface area contributed by atoms with Crippen molar-refractivity contribution in [3.05, 3.63) is 54.1 Å². The lowest BCUT2D eigenvalue weighted by atomic mass is 10.2. The Morgan fingerprint density at radius 2 is 1.58 bits per heavy atom. The van der Waals surface area contributed by atoms with Crippen molar-refractivity contribution in [2.45, 2.75) is 33.1 Å². The van der Waals surface area contributed by atoms with E-state index in [1.807, 2.05) is 48.5 Å². The number of hydrogen-bond acceptors (Lipinski definition) is 3. The smallest absolute Gasteiger partial charge is 0.338 e. The highest BCUT2D eigenvalue weighted by Crippen LogP contribution is 2.43. The predicted molar refractivity (Wildman–Crippen MR) is 100 cm³/mol. The van der Waals surface area contributed by atoms with Crippen molar-refractivity contribution >= 4 is 13.2 Å². The Labute approximate surface area is 144 Å². The van der Waals surface area contributed by atoms with Gasteiger partial charge in [-0.15, -0.1) is 0 Å². The van der Waals surface area contributed by atoms with Gasteiger partial charge in [-0.25, -0.2) is 0 Å². The number of hydrogen-bond donors (Lipinski definition) is 1. The summed E-state index contributed by atoms with van der Waals surface area (Å²) in [6.45, 7) is 6.52. The lowest BCUT2D eigenvalue weighted by Crippen LogP contribution is -2.02. The average molecular weight is 347 g/mol. The highest BCUT2D eigenvalue weighted by atomic mass is 31.2. The van der Waals surface area contributed by atoms with E-state index in [0.29, 0.717) is 12.4 Å². The molecule has 0 aliphatic rings. The molecule has 0 aromatic heterocycles. The summed E-state index contributed by atoms with van der Waals surface area (Å²) in [5.74, 6) is 1.42. The molecule has 0 amide bonds. The first-order valence-electron chi connectivity index (χ1n) is 8.39. The number of rotatable bonds is 9. The van der Waals surface area contributed by atoms with E-state index < -0.39 is 7.52 Å². The molecule has 24 heavy (non-hydrogen) atoms. The molecule has 0 aliphatic carbocycles. The first kappa shape index (κ1) is 18.4. The molecule has 0 unspecified atom stereocenters. The standard InChI is InChI=1S/C19H26NO3P/c1-4-6-15-22-18-13-9-17(10-14-18)20-24(3,21)23-19-11-7-16(5-2)8-12-19/h7-14H,4-6,15H2,1-3H3,(H,20,21)/t24-/m0/s1. The Hall–Kier alpha value is -1.93. The van der Waals surface area contributed by atoms with Crippen molar-refractivity contribution in [1.29, 1.82) is 0 Å². The van der Waals surface area contributed by atoms with Crippen LogP contribution in [0.1, 0.15) is 32.3 Å². The number of nitrogens with one attached hydrogen (secondary N) is 1. The van der Waals surface area contributed by atoms with Crippen molar-refractivity contribution in [2.75, 3.05) is 18.4 Å². The van der Waals surface area contributed by atoms with Crippen molar-refractivity contribution < 1.29 is 13.8 Å². The van der Waals surface area contributed by atoms with Gasteiger partial charge in [-0.1, -0.05) is 32.4 Å². The zero-order valence-corrected chi connectivity index (χ0v) is 15.5. The third kappa shape index (κ3) is 5.93. The molecule has 0 fully saturated rings. The monoisotopic (exact) mass is 347 g/mol. The van der Waals surface area contributed by atoms with Crippen molar-refractivity contribution in [1.82, 2.24) is 0 Å². The Balaban J connectivity index is 1.93. The minimum Gasteiger partial charge on any atom is -0.494 e. The van der Waals surface area contributed by atoms with E-state index in [1.54, 1.807) is 6.66 Å². The minimum absolute atomic E-state index is 0.602. The molecule has 1 N–H and O–H groups in total. The SMILES string of the molecule is CCCCOc1ccc(N[P@@](C)(=O)Oc2ccc(CC)cc2)cc1. The second-order valence-corrected chi connectivity index (χ2v) is 7.87. The molecule has 4 nitrogen and oxygen atoms in total. The number of aryl methyl sites for hydroxylation is 1. The summed E-state index contributed by atoms with van der Waals surface area (Å²) >= 11 is 0. The maximum absolute atomic E-state index is 12.6. The summed E-state index contributed by atoms with van der Waals surface area (Å²) in [5, 5.41) is 2.97. The van der Waals surface area contributed by atoms with Crippen LogP contribution < -0.4 is 14.3 Å². The quantitative estimate of drug-likeness (QED) is 0.464. The van der Waals surface area contributed by atoms with Crippen LogP contribution >= 0.6 is 7.52 Å². The van der Waals surface area contributed by atoms with Gasteiger partial charge in [-0.2, -0.15) is 0 Å². The van der Waals surface area contributed by atoms with Gasteiger partial charge < -0.3 is 14.3 Å². The molecule has 0 bridgehead atoms. The van der Waals surface area contributed by atoms with Crippen LogP contribution in [0.15, 0.2) is 48.5 Å². The van der Waals surface area contributed by atoms with Crippen molar-refractivity contribution in [3.63, 3.8) is 0 Å². The molecule has 130 valence electrons. The molecule has 2 aromatic rings. The lowest BCUT2D eigenvalue weighted by molar-refractivity contribution is 0.309. The Kier molecular flexibility index (Phi) is 6.74. The summed E-state index contributed by atoms with van der Waals surface area (Å²) in [5.41, 5.74) is 1.97. The van der Waals surface area contributed by atoms with Crippen molar-refractivity contribution in [3.8, 4) is 11.5 Å². The minimum atomic E-state index is -2.99. The maximum Gasteiger partial charge on any atom is 0.338 e. The summed E-state index contributed by atoms with van der Waals surface area (Å²) in [6.07, 6.45) is 3.11. The molecular formula is C19H26NO3P. The average Bonchev–Trinajstić information content (AvgIpc) is 2.57. The highest BCUT2D eigenvalue weighted by Gasteiger charge is 2.17. The molecular weight excluding hydrogens is 321 g/mol. The summed E-state index contributed by atoms with van der Waals surface area (Å²) < 4.78 is 23.9. The second-order valence-electron chi connectivity index (χ2n) is 5.77. The fraction of sp³-hybridized carbons (Fsp3) is 0.368. The summed E-state index contributed by atoms with van der Waals surface area (Å²) in [7, 11) is -2.99. The predicted octanol–water partition coefficient (Wildman–Crippen LogP) is 5.74. The first-order valence-corrected chi connectivity index (χ1v) is 10.5. The zero-order chi connectivity index (χ0) is 17.4. The normalized spacial score (nSPS) is 13.1. The zero-order valence-electron chi connectivity index (χ0n) is 14.6. The van der Waals surface area contributed by atoms with Crippen LogP contribution in [0.4, 0.5) is 5.69 Å². The fourth-order valence-corrected chi connectivity index (χ4v) is 3.39. The number of unbranched alkanes of at least 4 members (excludes halogenated alkanes) is 1. The number of ether oxygens (including phenoxy) is 1. The fourth-order valence-electron chi connectivity index (χ4n) is 2.20. The topological polar surface area (TPSA) is 47.6 Å². The van der Waals surface area contributed by atoms with Gasteiger partial charge in [0, 0.05) is 12.4 Å². The van der Waals surface area contributed by atoms with Gasteiger partial charge in [0.05, 0.1) is 6.61 Å². The van der Waals surface area contributed by atoms with Crippen LogP contribution in [0.3, 0.4) is 0 Å². The van der Waals surface area contributed by atoms with Crippen LogP contribution in [0.25, 0.3) is 0 Å². The molecule has 0 radical (unpaired) electrons. The Bertz CT molecular complexity index is 668. The molecule has 0 saturated heterocycles. The summed E-state index contributed by atoms with van der Waals surface area (Å²) in [4.78, 5) is 0. The largest absolute Gasteiger partial charge is 0.494 e. The van der Waals surface area contributed by atoms with Crippen LogP contribution in [-0.2, 0) is 11.0 Å². The van der Waals surface area contributed by atoms with E-state index in [4.69, 9.17) is 9.26 Å². The molecule has 0 heterocycles. The van der Waals surface area contributed by atoms with Gasteiger partial charge in [0.2, 0.25) is 0 Å². The first-order chi connectivity index (χ1) is 11.5. The number of benzene rings is 2. The molecule has 0 spiro atoms. The van der Waals surface area contributed by atoms with E-state index in [-0.39, 0.29) is 0 Å². The maximum atomic E-state index is 12.6. The van der Waals surface area contributed by atoms with Gasteiger partial charge in [0.15, 0.2) is 0 Å². The van der Waals surface area contributed by atoms with Crippen LogP contribution in [0.2, 0.25) is 0 Å². The Morgan fingerprint density at radius 1 is 0.958 bits per heavy atom. The molecule has 2 aromatic carbocycles. The molecule has 0 saturated carbocycles. The third-order valence-electron chi connectivity index (χ3n) is 3.56. The molecule has 5 heteroatoms. The van der Waals surface area contributed by atoms with Gasteiger partial charge in [0.1, 0.15) is 11.5 Å². The number of anilines is 1. The van der Waals surface area contributed by atoms with E-state index in [2.05, 4.69) is 18.9 Å². The van der Waals surface area contributed by atoms with Crippen LogP contribution in [0, 0.1) is 0 Å². The van der Waals surface area contributed by atoms with E-state index in [9.17, 15) is 4.57 Å². The van der Waals surface area contributed by atoms with E-state index in [0.717, 1.165) is 30.7 Å². The Morgan fingerprint density at radius 3 is 2.17 bits per heavy atom. The summed E-state index contributed by atoms with van der Waals surface area (Å²) in [6, 6.07) is 15.1. The van der Waals surface area contributed by atoms with Gasteiger partial charge >= 0.3 is 7.52 Å². The van der Waals surface area contributed by atoms with Gasteiger partial charge in [0.25, 0.3) is 0 Å². The third-order valence-corrected chi connectivity index (χ3v) is 4.79. The highest BCUT2D eigenvalue weighted by molar-refractivity contribution is 7.60. The molecule has 1 atom stereocenters. The van der Waals surface area contributed by atoms with Crippen LogP contribution in [-0.4, -0.2) is 13.3 Å². The van der Waals surface area contributed by atoms with Gasteiger partial charge in [-0.05, 0) is 54.8 Å².